The van der Waals surface area contributed by atoms with Crippen molar-refractivity contribution in [3.8, 4) is 0 Å². The third kappa shape index (κ3) is 1.97. The van der Waals surface area contributed by atoms with E-state index >= 15 is 0 Å². The van der Waals surface area contributed by atoms with Gasteiger partial charge in [0, 0.05) is 12.6 Å². The van der Waals surface area contributed by atoms with Crippen molar-refractivity contribution in [1.82, 2.24) is 5.32 Å². The zero-order valence-corrected chi connectivity index (χ0v) is 8.53. The van der Waals surface area contributed by atoms with E-state index in [1.54, 1.807) is 0 Å². The first-order valence-corrected chi connectivity index (χ1v) is 5.23. The van der Waals surface area contributed by atoms with Crippen LogP contribution in [0.1, 0.15) is 24.0 Å². The van der Waals surface area contributed by atoms with Crippen molar-refractivity contribution in [3.05, 3.63) is 35.4 Å². The molecular formula is C12H17NO. The van der Waals surface area contributed by atoms with Gasteiger partial charge in [-0.2, -0.15) is 0 Å². The number of benzene rings is 1. The summed E-state index contributed by atoms with van der Waals surface area (Å²) in [6.45, 7) is 2.99. The van der Waals surface area contributed by atoms with Crippen LogP contribution >= 0.6 is 0 Å². The summed E-state index contributed by atoms with van der Waals surface area (Å²) >= 11 is 0. The summed E-state index contributed by atoms with van der Waals surface area (Å²) in [5.41, 5.74) is 2.64. The third-order valence-corrected chi connectivity index (χ3v) is 3.05. The van der Waals surface area contributed by atoms with E-state index in [9.17, 15) is 5.11 Å². The molecule has 1 aliphatic carbocycles. The summed E-state index contributed by atoms with van der Waals surface area (Å²) in [5, 5.41) is 12.8. The molecule has 0 bridgehead atoms. The molecule has 0 saturated heterocycles. The van der Waals surface area contributed by atoms with Crippen molar-refractivity contribution in [2.24, 2.45) is 0 Å². The van der Waals surface area contributed by atoms with E-state index in [0.717, 1.165) is 19.4 Å². The van der Waals surface area contributed by atoms with Crippen LogP contribution in [0.3, 0.4) is 0 Å². The number of hydrogen-bond donors (Lipinski definition) is 2. The molecule has 2 rings (SSSR count). The van der Waals surface area contributed by atoms with Crippen LogP contribution in [0.15, 0.2) is 24.3 Å². The maximum atomic E-state index is 9.39. The molecule has 1 aromatic carbocycles. The SMILES string of the molecule is Cc1ccccc1CNC1CCC1O. The molecular weight excluding hydrogens is 174 g/mol. The molecule has 0 spiro atoms. The second kappa shape index (κ2) is 4.11. The quantitative estimate of drug-likeness (QED) is 0.760. The molecule has 2 heteroatoms. The van der Waals surface area contributed by atoms with Gasteiger partial charge in [0.05, 0.1) is 6.10 Å². The molecule has 0 amide bonds. The number of hydrogen-bond acceptors (Lipinski definition) is 2. The molecule has 2 unspecified atom stereocenters. The second-order valence-electron chi connectivity index (χ2n) is 4.06. The van der Waals surface area contributed by atoms with Gasteiger partial charge in [-0.25, -0.2) is 0 Å². The van der Waals surface area contributed by atoms with Crippen LogP contribution in [0.25, 0.3) is 0 Å². The highest BCUT2D eigenvalue weighted by Crippen LogP contribution is 2.20. The maximum absolute atomic E-state index is 9.39. The first kappa shape index (κ1) is 9.69. The van der Waals surface area contributed by atoms with Gasteiger partial charge in [0.2, 0.25) is 0 Å². The molecule has 1 fully saturated rings. The van der Waals surface area contributed by atoms with E-state index in [1.165, 1.54) is 11.1 Å². The Hall–Kier alpha value is -0.860. The number of nitrogens with one attached hydrogen (secondary N) is 1. The molecule has 1 aliphatic rings. The lowest BCUT2D eigenvalue weighted by Crippen LogP contribution is -2.47. The summed E-state index contributed by atoms with van der Waals surface area (Å²) in [7, 11) is 0. The second-order valence-corrected chi connectivity index (χ2v) is 4.06. The fourth-order valence-electron chi connectivity index (χ4n) is 1.77. The predicted octanol–water partition coefficient (Wildman–Crippen LogP) is 1.61. The minimum atomic E-state index is -0.126. The normalized spacial score (nSPS) is 25.9. The van der Waals surface area contributed by atoms with Gasteiger partial charge in [0.1, 0.15) is 0 Å². The molecule has 1 aromatic rings. The Balaban J connectivity index is 1.88. The van der Waals surface area contributed by atoms with Gasteiger partial charge in [0.25, 0.3) is 0 Å². The molecule has 76 valence electrons. The Labute approximate surface area is 85.0 Å². The van der Waals surface area contributed by atoms with Crippen molar-refractivity contribution in [1.29, 1.82) is 0 Å². The fraction of sp³-hybridized carbons (Fsp3) is 0.500. The topological polar surface area (TPSA) is 32.3 Å². The van der Waals surface area contributed by atoms with Crippen LogP contribution in [0, 0.1) is 6.92 Å². The Morgan fingerprint density at radius 3 is 2.71 bits per heavy atom. The van der Waals surface area contributed by atoms with E-state index in [0.29, 0.717) is 6.04 Å². The summed E-state index contributed by atoms with van der Waals surface area (Å²) in [6, 6.07) is 8.68. The monoisotopic (exact) mass is 191 g/mol. The number of aliphatic hydroxyl groups is 1. The average Bonchev–Trinajstić information content (AvgIpc) is 2.19. The van der Waals surface area contributed by atoms with Crippen LogP contribution in [-0.2, 0) is 6.54 Å². The van der Waals surface area contributed by atoms with Crippen LogP contribution in [0.2, 0.25) is 0 Å². The summed E-state index contributed by atoms with van der Waals surface area (Å²) in [6.07, 6.45) is 1.93. The minimum Gasteiger partial charge on any atom is -0.392 e. The van der Waals surface area contributed by atoms with Gasteiger partial charge in [-0.1, -0.05) is 24.3 Å². The van der Waals surface area contributed by atoms with Crippen LogP contribution in [-0.4, -0.2) is 17.3 Å². The number of aliphatic hydroxyl groups excluding tert-OH is 1. The maximum Gasteiger partial charge on any atom is 0.0693 e. The van der Waals surface area contributed by atoms with Crippen molar-refractivity contribution in [3.63, 3.8) is 0 Å². The number of rotatable bonds is 3. The van der Waals surface area contributed by atoms with Crippen molar-refractivity contribution in [2.75, 3.05) is 0 Å². The predicted molar refractivity (Wildman–Crippen MR) is 57.0 cm³/mol. The van der Waals surface area contributed by atoms with Crippen molar-refractivity contribution >= 4 is 0 Å². The van der Waals surface area contributed by atoms with Crippen LogP contribution in [0.5, 0.6) is 0 Å². The molecule has 14 heavy (non-hydrogen) atoms. The Bertz CT molecular complexity index is 311. The zero-order chi connectivity index (χ0) is 9.97. The van der Waals surface area contributed by atoms with Gasteiger partial charge in [-0.05, 0) is 30.9 Å². The van der Waals surface area contributed by atoms with Gasteiger partial charge < -0.3 is 10.4 Å². The van der Waals surface area contributed by atoms with Crippen LogP contribution in [0.4, 0.5) is 0 Å². The van der Waals surface area contributed by atoms with E-state index in [2.05, 4.69) is 36.5 Å². The standard InChI is InChI=1S/C12H17NO/c1-9-4-2-3-5-10(9)8-13-11-6-7-12(11)14/h2-5,11-14H,6-8H2,1H3. The van der Waals surface area contributed by atoms with Gasteiger partial charge in [-0.15, -0.1) is 0 Å². The van der Waals surface area contributed by atoms with E-state index in [1.807, 2.05) is 0 Å². The minimum absolute atomic E-state index is 0.126. The van der Waals surface area contributed by atoms with Crippen LogP contribution < -0.4 is 5.32 Å². The molecule has 0 radical (unpaired) electrons. The van der Waals surface area contributed by atoms with Crippen molar-refractivity contribution < 1.29 is 5.11 Å². The molecule has 2 nitrogen and oxygen atoms in total. The smallest absolute Gasteiger partial charge is 0.0693 e. The molecule has 2 atom stereocenters. The Morgan fingerprint density at radius 2 is 2.14 bits per heavy atom. The van der Waals surface area contributed by atoms with Gasteiger partial charge in [-0.3, -0.25) is 0 Å². The third-order valence-electron chi connectivity index (χ3n) is 3.05. The zero-order valence-electron chi connectivity index (χ0n) is 8.53. The molecule has 1 saturated carbocycles. The lowest BCUT2D eigenvalue weighted by molar-refractivity contribution is 0.0492. The Kier molecular flexibility index (Phi) is 2.85. The number of aryl methyl sites for hydroxylation is 1. The molecule has 0 heterocycles. The highest BCUT2D eigenvalue weighted by atomic mass is 16.3. The summed E-state index contributed by atoms with van der Waals surface area (Å²) in [5.74, 6) is 0. The largest absolute Gasteiger partial charge is 0.392 e. The first-order chi connectivity index (χ1) is 6.77. The van der Waals surface area contributed by atoms with Gasteiger partial charge in [0.15, 0.2) is 0 Å². The summed E-state index contributed by atoms with van der Waals surface area (Å²) < 4.78 is 0. The molecule has 0 aliphatic heterocycles. The highest BCUT2D eigenvalue weighted by Gasteiger charge is 2.27. The van der Waals surface area contributed by atoms with E-state index < -0.39 is 0 Å². The first-order valence-electron chi connectivity index (χ1n) is 5.23. The van der Waals surface area contributed by atoms with E-state index in [-0.39, 0.29) is 6.10 Å². The average molecular weight is 191 g/mol. The Morgan fingerprint density at radius 1 is 1.36 bits per heavy atom. The van der Waals surface area contributed by atoms with E-state index in [4.69, 9.17) is 0 Å². The highest BCUT2D eigenvalue weighted by molar-refractivity contribution is 5.25. The lowest BCUT2D eigenvalue weighted by atomic mass is 9.89. The molecule has 2 N–H and O–H groups in total. The molecule has 0 aromatic heterocycles. The lowest BCUT2D eigenvalue weighted by Gasteiger charge is -2.33. The van der Waals surface area contributed by atoms with Crippen molar-refractivity contribution in [2.45, 2.75) is 38.5 Å². The summed E-state index contributed by atoms with van der Waals surface area (Å²) in [4.78, 5) is 0. The fourth-order valence-corrected chi connectivity index (χ4v) is 1.77. The van der Waals surface area contributed by atoms with Gasteiger partial charge >= 0.3 is 0 Å².